The summed E-state index contributed by atoms with van der Waals surface area (Å²) in [6.07, 6.45) is 4.35. The smallest absolute Gasteiger partial charge is 0.326 e. The van der Waals surface area contributed by atoms with Crippen molar-refractivity contribution in [3.63, 3.8) is 0 Å². The van der Waals surface area contributed by atoms with E-state index in [0.717, 1.165) is 13.0 Å². The van der Waals surface area contributed by atoms with Crippen molar-refractivity contribution in [2.24, 2.45) is 5.92 Å². The Kier molecular flexibility index (Phi) is 12.2. The van der Waals surface area contributed by atoms with Crippen LogP contribution in [0.3, 0.4) is 0 Å². The first-order valence-electron chi connectivity index (χ1n) is 10.2. The zero-order valence-corrected chi connectivity index (χ0v) is 19.5. The van der Waals surface area contributed by atoms with Gasteiger partial charge in [-0.05, 0) is 43.7 Å². The number of amides is 3. The van der Waals surface area contributed by atoms with Crippen LogP contribution in [-0.2, 0) is 19.2 Å². The van der Waals surface area contributed by atoms with Crippen molar-refractivity contribution in [2.45, 2.75) is 63.7 Å². The Morgan fingerprint density at radius 2 is 1.87 bits per heavy atom. The molecule has 0 aromatic carbocycles. The minimum absolute atomic E-state index is 0.0740. The number of nitrogens with one attached hydrogen (secondary N) is 4. The van der Waals surface area contributed by atoms with E-state index in [4.69, 9.17) is 0 Å². The van der Waals surface area contributed by atoms with E-state index in [0.29, 0.717) is 18.6 Å². The number of hydrogen-bond acceptors (Lipinski definition) is 7. The maximum atomic E-state index is 12.8. The second-order valence-corrected chi connectivity index (χ2v) is 8.80. The molecule has 0 bridgehead atoms. The van der Waals surface area contributed by atoms with Gasteiger partial charge in [-0.3, -0.25) is 14.4 Å². The maximum absolute atomic E-state index is 12.8. The third kappa shape index (κ3) is 8.35. The van der Waals surface area contributed by atoms with Crippen molar-refractivity contribution in [1.82, 2.24) is 21.3 Å². The molecule has 172 valence electrons. The second-order valence-electron chi connectivity index (χ2n) is 7.45. The Morgan fingerprint density at radius 1 is 1.17 bits per heavy atom. The van der Waals surface area contributed by atoms with Crippen molar-refractivity contribution < 1.29 is 24.3 Å². The van der Waals surface area contributed by atoms with Crippen LogP contribution in [-0.4, -0.2) is 77.3 Å². The molecule has 0 saturated carbocycles. The van der Waals surface area contributed by atoms with Gasteiger partial charge in [0.2, 0.25) is 17.7 Å². The third-order valence-electron chi connectivity index (χ3n) is 5.21. The molecule has 5 unspecified atom stereocenters. The highest BCUT2D eigenvalue weighted by atomic mass is 32.2. The Labute approximate surface area is 187 Å². The molecule has 0 spiro atoms. The van der Waals surface area contributed by atoms with Gasteiger partial charge < -0.3 is 26.4 Å². The standard InChI is InChI=1S/C19H34N4O5S2/c1-4-11(2)15(18(26)21-13(19(27)28)7-9-30-3)23-17(25)14(10-29)22-16(24)12-6-5-8-20-12/h11-15,20,29H,4-10H2,1-3H3,(H,21,26)(H,22,24)(H,23,25)(H,27,28). The summed E-state index contributed by atoms with van der Waals surface area (Å²) in [5, 5.41) is 20.3. The molecule has 0 aromatic rings. The van der Waals surface area contributed by atoms with Crippen LogP contribution in [0.1, 0.15) is 39.5 Å². The zero-order chi connectivity index (χ0) is 22.7. The zero-order valence-electron chi connectivity index (χ0n) is 17.8. The number of rotatable bonds is 13. The summed E-state index contributed by atoms with van der Waals surface area (Å²) in [7, 11) is 0. The summed E-state index contributed by atoms with van der Waals surface area (Å²) in [4.78, 5) is 49.3. The van der Waals surface area contributed by atoms with Crippen molar-refractivity contribution in [3.05, 3.63) is 0 Å². The molecule has 3 amide bonds. The molecule has 1 heterocycles. The molecule has 0 aromatic heterocycles. The first-order chi connectivity index (χ1) is 14.2. The van der Waals surface area contributed by atoms with Crippen LogP contribution >= 0.6 is 24.4 Å². The van der Waals surface area contributed by atoms with Gasteiger partial charge in [-0.15, -0.1) is 0 Å². The Bertz CT molecular complexity index is 601. The maximum Gasteiger partial charge on any atom is 0.326 e. The number of hydrogen-bond donors (Lipinski definition) is 6. The molecule has 1 aliphatic heterocycles. The summed E-state index contributed by atoms with van der Waals surface area (Å²) >= 11 is 5.65. The Morgan fingerprint density at radius 3 is 2.37 bits per heavy atom. The second kappa shape index (κ2) is 13.8. The predicted octanol–water partition coefficient (Wildman–Crippen LogP) is 0.00640. The van der Waals surface area contributed by atoms with Gasteiger partial charge in [0.1, 0.15) is 18.1 Å². The normalized spacial score (nSPS) is 19.9. The minimum atomic E-state index is -1.11. The van der Waals surface area contributed by atoms with Gasteiger partial charge in [0.25, 0.3) is 0 Å². The lowest BCUT2D eigenvalue weighted by molar-refractivity contribution is -0.142. The largest absolute Gasteiger partial charge is 0.480 e. The van der Waals surface area contributed by atoms with Crippen LogP contribution in [0.2, 0.25) is 0 Å². The lowest BCUT2D eigenvalue weighted by Gasteiger charge is -2.27. The number of aliphatic carboxylic acids is 1. The number of carbonyl (C=O) groups excluding carboxylic acids is 3. The quantitative estimate of drug-likeness (QED) is 0.212. The van der Waals surface area contributed by atoms with Gasteiger partial charge in [0.15, 0.2) is 0 Å². The molecular weight excluding hydrogens is 428 g/mol. The van der Waals surface area contributed by atoms with Crippen LogP contribution in [0.15, 0.2) is 0 Å². The summed E-state index contributed by atoms with van der Waals surface area (Å²) in [5.74, 6) is -2.02. The monoisotopic (exact) mass is 462 g/mol. The van der Waals surface area contributed by atoms with E-state index in [-0.39, 0.29) is 30.0 Å². The van der Waals surface area contributed by atoms with E-state index in [9.17, 15) is 24.3 Å². The summed E-state index contributed by atoms with van der Waals surface area (Å²) in [6.45, 7) is 4.44. The topological polar surface area (TPSA) is 137 Å². The Hall–Kier alpha value is -1.46. The summed E-state index contributed by atoms with van der Waals surface area (Å²) in [6, 6.07) is -3.17. The van der Waals surface area contributed by atoms with Gasteiger partial charge in [-0.1, -0.05) is 20.3 Å². The number of thiol groups is 1. The predicted molar refractivity (Wildman–Crippen MR) is 121 cm³/mol. The minimum Gasteiger partial charge on any atom is -0.480 e. The lowest BCUT2D eigenvalue weighted by Crippen LogP contribution is -2.59. The highest BCUT2D eigenvalue weighted by Gasteiger charge is 2.32. The molecule has 30 heavy (non-hydrogen) atoms. The molecule has 1 aliphatic rings. The third-order valence-corrected chi connectivity index (χ3v) is 6.22. The molecule has 5 N–H and O–H groups in total. The van der Waals surface area contributed by atoms with Crippen LogP contribution in [0.5, 0.6) is 0 Å². The number of carboxylic acid groups (broad SMARTS) is 1. The number of carboxylic acids is 1. The fourth-order valence-corrected chi connectivity index (χ4v) is 3.81. The molecule has 5 atom stereocenters. The number of carbonyl (C=O) groups is 4. The van der Waals surface area contributed by atoms with Gasteiger partial charge in [-0.2, -0.15) is 24.4 Å². The van der Waals surface area contributed by atoms with Crippen molar-refractivity contribution >= 4 is 48.1 Å². The van der Waals surface area contributed by atoms with Crippen molar-refractivity contribution in [3.8, 4) is 0 Å². The average molecular weight is 463 g/mol. The van der Waals surface area contributed by atoms with E-state index in [1.54, 1.807) is 6.92 Å². The molecule has 11 heteroatoms. The van der Waals surface area contributed by atoms with Gasteiger partial charge in [0.05, 0.1) is 6.04 Å². The van der Waals surface area contributed by atoms with Crippen LogP contribution < -0.4 is 21.3 Å². The SMILES string of the molecule is CCC(C)C(NC(=O)C(CS)NC(=O)C1CCCN1)C(=O)NC(CCSC)C(=O)O. The van der Waals surface area contributed by atoms with Gasteiger partial charge in [0, 0.05) is 5.75 Å². The highest BCUT2D eigenvalue weighted by Crippen LogP contribution is 2.11. The molecule has 1 rings (SSSR count). The first-order valence-corrected chi connectivity index (χ1v) is 12.2. The molecular formula is C19H34N4O5S2. The van der Waals surface area contributed by atoms with Crippen LogP contribution in [0.4, 0.5) is 0 Å². The van der Waals surface area contributed by atoms with E-state index in [2.05, 4.69) is 33.9 Å². The fraction of sp³-hybridized carbons (Fsp3) is 0.789. The Balaban J connectivity index is 2.80. The molecule has 1 saturated heterocycles. The van der Waals surface area contributed by atoms with Crippen molar-refractivity contribution in [1.29, 1.82) is 0 Å². The lowest BCUT2D eigenvalue weighted by atomic mass is 9.97. The molecule has 0 aliphatic carbocycles. The first kappa shape index (κ1) is 26.6. The van der Waals surface area contributed by atoms with E-state index >= 15 is 0 Å². The molecule has 9 nitrogen and oxygen atoms in total. The summed E-state index contributed by atoms with van der Waals surface area (Å²) < 4.78 is 0. The van der Waals surface area contributed by atoms with Gasteiger partial charge in [-0.25, -0.2) is 4.79 Å². The fourth-order valence-electron chi connectivity index (χ4n) is 3.09. The van der Waals surface area contributed by atoms with Crippen molar-refractivity contribution in [2.75, 3.05) is 24.3 Å². The average Bonchev–Trinajstić information content (AvgIpc) is 3.26. The van der Waals surface area contributed by atoms with Crippen LogP contribution in [0, 0.1) is 5.92 Å². The van der Waals surface area contributed by atoms with E-state index in [1.165, 1.54) is 11.8 Å². The molecule has 0 radical (unpaired) electrons. The highest BCUT2D eigenvalue weighted by molar-refractivity contribution is 7.98. The van der Waals surface area contributed by atoms with Crippen LogP contribution in [0.25, 0.3) is 0 Å². The summed E-state index contributed by atoms with van der Waals surface area (Å²) in [5.41, 5.74) is 0. The number of thioether (sulfide) groups is 1. The van der Waals surface area contributed by atoms with Gasteiger partial charge >= 0.3 is 5.97 Å². The molecule has 1 fully saturated rings. The van der Waals surface area contributed by atoms with E-state index < -0.39 is 35.9 Å². The van der Waals surface area contributed by atoms with E-state index in [1.807, 2.05) is 13.2 Å².